The Balaban J connectivity index is 1.55. The summed E-state index contributed by atoms with van der Waals surface area (Å²) in [4.78, 5) is 19.1. The molecule has 0 radical (unpaired) electrons. The van der Waals surface area contributed by atoms with Crippen LogP contribution in [0, 0.1) is 5.82 Å². The van der Waals surface area contributed by atoms with Crippen molar-refractivity contribution in [3.05, 3.63) is 72.8 Å². The Kier molecular flexibility index (Phi) is 6.71. The maximum Gasteiger partial charge on any atom is 0.246 e. The number of carbonyl (C=O) groups is 1. The van der Waals surface area contributed by atoms with E-state index >= 15 is 0 Å². The second-order valence-electron chi connectivity index (χ2n) is 10.2. The minimum absolute atomic E-state index is 0.0509. The van der Waals surface area contributed by atoms with E-state index in [0.717, 1.165) is 38.9 Å². The van der Waals surface area contributed by atoms with Crippen LogP contribution in [0.1, 0.15) is 26.3 Å². The zero-order valence-electron chi connectivity index (χ0n) is 22.5. The predicted molar refractivity (Wildman–Crippen MR) is 155 cm³/mol. The van der Waals surface area contributed by atoms with Crippen molar-refractivity contribution in [2.45, 2.75) is 32.4 Å². The topological polar surface area (TPSA) is 78.1 Å². The van der Waals surface area contributed by atoms with Gasteiger partial charge in [0.25, 0.3) is 0 Å². The molecular weight excluding hydrogens is 527 g/mol. The quantitative estimate of drug-likeness (QED) is 0.226. The largest absolute Gasteiger partial charge is 0.490 e. The van der Waals surface area contributed by atoms with Crippen molar-refractivity contribution in [2.75, 3.05) is 13.1 Å². The minimum atomic E-state index is -0.368. The maximum absolute atomic E-state index is 14.4. The highest BCUT2D eigenvalue weighted by molar-refractivity contribution is 7.18. The van der Waals surface area contributed by atoms with Crippen molar-refractivity contribution in [1.82, 2.24) is 29.4 Å². The number of hydrogen-bond acceptors (Lipinski definition) is 6. The van der Waals surface area contributed by atoms with E-state index in [4.69, 9.17) is 14.8 Å². The molecule has 1 aliphatic rings. The van der Waals surface area contributed by atoms with Gasteiger partial charge in [0.15, 0.2) is 0 Å². The molecule has 0 N–H and O–H groups in total. The Morgan fingerprint density at radius 2 is 2.10 bits per heavy atom. The summed E-state index contributed by atoms with van der Waals surface area (Å²) in [5.41, 5.74) is 4.64. The fourth-order valence-corrected chi connectivity index (χ4v) is 6.19. The van der Waals surface area contributed by atoms with Crippen molar-refractivity contribution in [3.8, 4) is 39.5 Å². The van der Waals surface area contributed by atoms with Gasteiger partial charge in [0.05, 0.1) is 24.0 Å². The fourth-order valence-electron chi connectivity index (χ4n) is 5.23. The highest BCUT2D eigenvalue weighted by Gasteiger charge is 2.28. The Labute approximate surface area is 235 Å². The van der Waals surface area contributed by atoms with E-state index < -0.39 is 0 Å². The lowest BCUT2D eigenvalue weighted by Gasteiger charge is -2.18. The summed E-state index contributed by atoms with van der Waals surface area (Å²) in [6.45, 7) is 8.68. The second-order valence-corrected chi connectivity index (χ2v) is 11.1. The minimum Gasteiger partial charge on any atom is -0.490 e. The molecule has 0 spiro atoms. The number of aryl methyl sites for hydroxylation is 1. The van der Waals surface area contributed by atoms with Crippen molar-refractivity contribution < 1.29 is 13.9 Å². The van der Waals surface area contributed by atoms with Crippen LogP contribution >= 0.6 is 11.3 Å². The van der Waals surface area contributed by atoms with Gasteiger partial charge in [-0.05, 0) is 56.0 Å². The first-order valence-corrected chi connectivity index (χ1v) is 14.0. The van der Waals surface area contributed by atoms with Crippen LogP contribution in [0.2, 0.25) is 0 Å². The molecule has 4 aromatic heterocycles. The molecule has 8 nitrogen and oxygen atoms in total. The number of nitrogens with zero attached hydrogens (tertiary/aromatic N) is 6. The Morgan fingerprint density at radius 3 is 2.85 bits per heavy atom. The van der Waals surface area contributed by atoms with Crippen LogP contribution in [0.15, 0.2) is 67.0 Å². The molecule has 0 unspecified atom stereocenters. The lowest BCUT2D eigenvalue weighted by Crippen LogP contribution is -2.27. The first-order valence-electron chi connectivity index (χ1n) is 13.2. The van der Waals surface area contributed by atoms with Gasteiger partial charge in [-0.25, -0.2) is 9.37 Å². The molecule has 5 aromatic rings. The summed E-state index contributed by atoms with van der Waals surface area (Å²) in [5, 5.41) is 12.3. The van der Waals surface area contributed by atoms with Gasteiger partial charge >= 0.3 is 0 Å². The molecule has 204 valence electrons. The summed E-state index contributed by atoms with van der Waals surface area (Å²) in [5.74, 6) is 0.0141. The van der Waals surface area contributed by atoms with E-state index in [1.165, 1.54) is 18.2 Å². The predicted octanol–water partition coefficient (Wildman–Crippen LogP) is 6.11. The van der Waals surface area contributed by atoms with Gasteiger partial charge in [-0.1, -0.05) is 6.58 Å². The SMILES string of the molecule is C=CC(=O)N1CC[C@@H](n2ccc(-c3nc(-c4cnn(C)c4)c4ccsc4c3-c3ccc(F)cc3OC(C)C)n2)C1. The first kappa shape index (κ1) is 25.9. The van der Waals surface area contributed by atoms with Crippen molar-refractivity contribution in [3.63, 3.8) is 0 Å². The number of carbonyl (C=O) groups excluding carboxylic acids is 1. The number of pyridine rings is 1. The van der Waals surface area contributed by atoms with Crippen LogP contribution in [0.3, 0.4) is 0 Å². The number of thiophene rings is 1. The van der Waals surface area contributed by atoms with Crippen LogP contribution in [-0.4, -0.2) is 54.5 Å². The molecule has 1 saturated heterocycles. The molecule has 1 atom stereocenters. The van der Waals surface area contributed by atoms with Gasteiger partial charge in [-0.3, -0.25) is 14.2 Å². The smallest absolute Gasteiger partial charge is 0.246 e. The molecule has 0 saturated carbocycles. The molecule has 1 aromatic carbocycles. The highest BCUT2D eigenvalue weighted by Crippen LogP contribution is 2.46. The Hall–Kier alpha value is -4.31. The maximum atomic E-state index is 14.4. The third kappa shape index (κ3) is 4.68. The highest BCUT2D eigenvalue weighted by atomic mass is 32.1. The molecule has 1 fully saturated rings. The summed E-state index contributed by atoms with van der Waals surface area (Å²) < 4.78 is 25.2. The average Bonchev–Trinajstić information content (AvgIpc) is 3.74. The number of halogens is 1. The van der Waals surface area contributed by atoms with Crippen LogP contribution in [0.4, 0.5) is 4.39 Å². The number of aromatic nitrogens is 5. The van der Waals surface area contributed by atoms with Crippen molar-refractivity contribution >= 4 is 27.3 Å². The Bertz CT molecular complexity index is 1740. The van der Waals surface area contributed by atoms with Gasteiger partial charge in [0, 0.05) is 65.4 Å². The number of amides is 1. The number of benzene rings is 1. The fraction of sp³-hybridized carbons (Fsp3) is 0.267. The number of fused-ring (bicyclic) bond motifs is 1. The van der Waals surface area contributed by atoms with Crippen LogP contribution in [0.5, 0.6) is 5.75 Å². The molecule has 10 heteroatoms. The van der Waals surface area contributed by atoms with Gasteiger partial charge in [0.2, 0.25) is 5.91 Å². The zero-order valence-corrected chi connectivity index (χ0v) is 23.4. The van der Waals surface area contributed by atoms with Gasteiger partial charge in [-0.15, -0.1) is 11.3 Å². The molecule has 6 rings (SSSR count). The molecular formula is C30H29FN6O2S. The third-order valence-electron chi connectivity index (χ3n) is 7.04. The standard InChI is InChI=1S/C30H29FN6O2S/c1-5-26(38)36-11-8-21(17-36)37-12-9-24(34-37)29-27(22-7-6-20(31)14-25(22)39-18(2)3)30-23(10-13-40-30)28(33-29)19-15-32-35(4)16-19/h5-7,9-10,12-16,18,21H,1,8,11,17H2,2-4H3/t21-/m1/s1. The van der Waals surface area contributed by atoms with Crippen LogP contribution < -0.4 is 4.74 Å². The number of rotatable bonds is 7. The van der Waals surface area contributed by atoms with E-state index in [9.17, 15) is 9.18 Å². The normalized spacial score (nSPS) is 15.3. The molecule has 5 heterocycles. The summed E-state index contributed by atoms with van der Waals surface area (Å²) >= 11 is 1.60. The zero-order chi connectivity index (χ0) is 28.0. The van der Waals surface area contributed by atoms with Crippen molar-refractivity contribution in [1.29, 1.82) is 0 Å². The van der Waals surface area contributed by atoms with E-state index in [-0.39, 0.29) is 23.9 Å². The van der Waals surface area contributed by atoms with E-state index in [2.05, 4.69) is 17.7 Å². The van der Waals surface area contributed by atoms with Gasteiger partial charge in [0.1, 0.15) is 23.0 Å². The molecule has 1 amide bonds. The second kappa shape index (κ2) is 10.3. The average molecular weight is 557 g/mol. The molecule has 0 bridgehead atoms. The first-order chi connectivity index (χ1) is 19.3. The van der Waals surface area contributed by atoms with E-state index in [1.807, 2.05) is 49.4 Å². The summed E-state index contributed by atoms with van der Waals surface area (Å²) in [7, 11) is 1.88. The van der Waals surface area contributed by atoms with Gasteiger partial charge in [-0.2, -0.15) is 10.2 Å². The van der Waals surface area contributed by atoms with Crippen molar-refractivity contribution in [2.24, 2.45) is 7.05 Å². The summed E-state index contributed by atoms with van der Waals surface area (Å²) in [6, 6.07) is 8.68. The Morgan fingerprint density at radius 1 is 1.25 bits per heavy atom. The van der Waals surface area contributed by atoms with Crippen LogP contribution in [-0.2, 0) is 11.8 Å². The van der Waals surface area contributed by atoms with E-state index in [1.54, 1.807) is 33.2 Å². The van der Waals surface area contributed by atoms with Crippen LogP contribution in [0.25, 0.3) is 43.9 Å². The molecule has 0 aliphatic carbocycles. The molecule has 1 aliphatic heterocycles. The lowest BCUT2D eigenvalue weighted by molar-refractivity contribution is -0.125. The monoisotopic (exact) mass is 556 g/mol. The lowest BCUT2D eigenvalue weighted by atomic mass is 9.97. The third-order valence-corrected chi connectivity index (χ3v) is 7.97. The molecule has 40 heavy (non-hydrogen) atoms. The van der Waals surface area contributed by atoms with E-state index in [0.29, 0.717) is 30.2 Å². The summed E-state index contributed by atoms with van der Waals surface area (Å²) in [6.07, 6.45) is 7.69. The number of likely N-dealkylation sites (tertiary alicyclic amines) is 1. The number of hydrogen-bond donors (Lipinski definition) is 0. The van der Waals surface area contributed by atoms with Gasteiger partial charge < -0.3 is 9.64 Å². The number of ether oxygens (including phenoxy) is 1.